The van der Waals surface area contributed by atoms with E-state index in [1.165, 1.54) is 16.4 Å². The third-order valence-electron chi connectivity index (χ3n) is 2.47. The highest BCUT2D eigenvalue weighted by Crippen LogP contribution is 2.25. The first-order valence-electron chi connectivity index (χ1n) is 5.46. The first-order valence-corrected chi connectivity index (χ1v) is 6.23. The Morgan fingerprint density at radius 3 is 2.67 bits per heavy atom. The molecule has 0 aromatic carbocycles. The van der Waals surface area contributed by atoms with Crippen molar-refractivity contribution in [2.75, 3.05) is 0 Å². The van der Waals surface area contributed by atoms with E-state index in [1.54, 1.807) is 0 Å². The Labute approximate surface area is 95.4 Å². The van der Waals surface area contributed by atoms with Gasteiger partial charge in [0.15, 0.2) is 0 Å². The van der Waals surface area contributed by atoms with Crippen LogP contribution in [0.1, 0.15) is 50.2 Å². The normalized spacial score (nSPS) is 13.4. The molecule has 5 heteroatoms. The van der Waals surface area contributed by atoms with Crippen molar-refractivity contribution in [2.24, 2.45) is 11.8 Å². The number of aromatic nitrogens is 2. The summed E-state index contributed by atoms with van der Waals surface area (Å²) in [4.78, 5) is 1.20. The fraction of sp³-hybridized carbons (Fsp3) is 0.800. The molecule has 1 aromatic rings. The van der Waals surface area contributed by atoms with Crippen LogP contribution in [0.15, 0.2) is 0 Å². The predicted molar refractivity (Wildman–Crippen MR) is 63.4 cm³/mol. The number of aryl methyl sites for hydroxylation is 1. The maximum Gasteiger partial charge on any atom is 0.0801 e. The van der Waals surface area contributed by atoms with Crippen molar-refractivity contribution >= 4 is 11.5 Å². The van der Waals surface area contributed by atoms with E-state index < -0.39 is 0 Å². The Morgan fingerprint density at radius 1 is 1.40 bits per heavy atom. The second kappa shape index (κ2) is 6.15. The highest BCUT2D eigenvalue weighted by molar-refractivity contribution is 7.05. The molecule has 0 bridgehead atoms. The smallest absolute Gasteiger partial charge is 0.0801 e. The highest BCUT2D eigenvalue weighted by Gasteiger charge is 2.17. The molecule has 0 aliphatic heterocycles. The van der Waals surface area contributed by atoms with Crippen LogP contribution in [0.25, 0.3) is 0 Å². The summed E-state index contributed by atoms with van der Waals surface area (Å²) in [5.74, 6) is 6.28. The van der Waals surface area contributed by atoms with Crippen molar-refractivity contribution in [1.82, 2.24) is 15.0 Å². The van der Waals surface area contributed by atoms with Crippen molar-refractivity contribution in [3.8, 4) is 0 Å². The summed E-state index contributed by atoms with van der Waals surface area (Å²) in [6.45, 7) is 6.54. The summed E-state index contributed by atoms with van der Waals surface area (Å²) in [5.41, 5.74) is 3.94. The Bertz CT molecular complexity index is 285. The second-order valence-corrected chi connectivity index (χ2v) is 4.91. The van der Waals surface area contributed by atoms with Gasteiger partial charge in [0.1, 0.15) is 0 Å². The molecule has 0 saturated carbocycles. The van der Waals surface area contributed by atoms with Gasteiger partial charge in [0, 0.05) is 0 Å². The summed E-state index contributed by atoms with van der Waals surface area (Å²) >= 11 is 1.45. The average Bonchev–Trinajstić information content (AvgIpc) is 2.66. The van der Waals surface area contributed by atoms with Crippen molar-refractivity contribution < 1.29 is 0 Å². The summed E-state index contributed by atoms with van der Waals surface area (Å²) in [6.07, 6.45) is 3.13. The van der Waals surface area contributed by atoms with Crippen LogP contribution in [0.2, 0.25) is 0 Å². The van der Waals surface area contributed by atoms with Crippen molar-refractivity contribution in [2.45, 2.75) is 46.1 Å². The molecule has 0 aliphatic carbocycles. The van der Waals surface area contributed by atoms with Crippen LogP contribution in [-0.4, -0.2) is 9.59 Å². The number of hydrogen-bond acceptors (Lipinski definition) is 5. The van der Waals surface area contributed by atoms with Gasteiger partial charge in [-0.2, -0.15) is 0 Å². The molecular weight excluding hydrogens is 208 g/mol. The minimum Gasteiger partial charge on any atom is -0.271 e. The van der Waals surface area contributed by atoms with E-state index in [4.69, 9.17) is 5.84 Å². The Hall–Kier alpha value is -0.520. The third-order valence-corrected chi connectivity index (χ3v) is 3.35. The van der Waals surface area contributed by atoms with Gasteiger partial charge in [-0.05, 0) is 36.7 Å². The Kier molecular flexibility index (Phi) is 5.14. The fourth-order valence-electron chi connectivity index (χ4n) is 1.52. The quantitative estimate of drug-likeness (QED) is 0.578. The van der Waals surface area contributed by atoms with Gasteiger partial charge >= 0.3 is 0 Å². The molecule has 3 N–H and O–H groups in total. The summed E-state index contributed by atoms with van der Waals surface area (Å²) in [7, 11) is 0. The van der Waals surface area contributed by atoms with Crippen LogP contribution >= 0.6 is 11.5 Å². The van der Waals surface area contributed by atoms with Crippen LogP contribution in [0.4, 0.5) is 0 Å². The van der Waals surface area contributed by atoms with E-state index >= 15 is 0 Å². The summed E-state index contributed by atoms with van der Waals surface area (Å²) in [6, 6.07) is 0.211. The van der Waals surface area contributed by atoms with E-state index in [9.17, 15) is 0 Å². The molecule has 1 aromatic heterocycles. The lowest BCUT2D eigenvalue weighted by molar-refractivity contribution is 0.450. The lowest BCUT2D eigenvalue weighted by Crippen LogP contribution is -2.28. The predicted octanol–water partition coefficient (Wildman–Crippen LogP) is 2.04. The van der Waals surface area contributed by atoms with Gasteiger partial charge in [-0.25, -0.2) is 0 Å². The minimum absolute atomic E-state index is 0.211. The molecule has 1 heterocycles. The molecule has 1 atom stereocenters. The number of rotatable bonds is 6. The van der Waals surface area contributed by atoms with Crippen LogP contribution < -0.4 is 11.3 Å². The number of hydrazine groups is 1. The lowest BCUT2D eigenvalue weighted by Gasteiger charge is -2.15. The van der Waals surface area contributed by atoms with Crippen LogP contribution in [0, 0.1) is 5.92 Å². The third kappa shape index (κ3) is 3.52. The topological polar surface area (TPSA) is 63.8 Å². The standard InChI is InChI=1S/C10H20N4S/c1-4-8-10(15-14-13-8)9(12-11)6-5-7(2)3/h7,9,12H,4-6,11H2,1-3H3. The minimum atomic E-state index is 0.211. The molecule has 1 rings (SSSR count). The van der Waals surface area contributed by atoms with Gasteiger partial charge in [-0.15, -0.1) is 5.10 Å². The largest absolute Gasteiger partial charge is 0.271 e. The van der Waals surface area contributed by atoms with Crippen molar-refractivity contribution in [1.29, 1.82) is 0 Å². The first-order chi connectivity index (χ1) is 7.19. The first kappa shape index (κ1) is 12.5. The zero-order valence-electron chi connectivity index (χ0n) is 9.66. The van der Waals surface area contributed by atoms with Crippen molar-refractivity contribution in [3.05, 3.63) is 10.6 Å². The molecule has 0 radical (unpaired) electrons. The number of nitrogens with one attached hydrogen (secondary N) is 1. The molecule has 1 unspecified atom stereocenters. The van der Waals surface area contributed by atoms with E-state index in [0.717, 1.165) is 25.0 Å². The van der Waals surface area contributed by atoms with E-state index in [0.29, 0.717) is 5.92 Å². The lowest BCUT2D eigenvalue weighted by atomic mass is 10.0. The molecule has 86 valence electrons. The number of nitrogens with zero attached hydrogens (tertiary/aromatic N) is 2. The van der Waals surface area contributed by atoms with Gasteiger partial charge in [-0.3, -0.25) is 11.3 Å². The zero-order chi connectivity index (χ0) is 11.3. The summed E-state index contributed by atoms with van der Waals surface area (Å²) in [5, 5.41) is 4.10. The van der Waals surface area contributed by atoms with Gasteiger partial charge in [0.25, 0.3) is 0 Å². The van der Waals surface area contributed by atoms with Gasteiger partial charge in [0.05, 0.1) is 16.6 Å². The molecule has 0 spiro atoms. The summed E-state index contributed by atoms with van der Waals surface area (Å²) < 4.78 is 3.99. The molecule has 0 saturated heterocycles. The van der Waals surface area contributed by atoms with Gasteiger partial charge in [-0.1, -0.05) is 25.3 Å². The molecule has 0 fully saturated rings. The van der Waals surface area contributed by atoms with E-state index in [2.05, 4.69) is 35.8 Å². The monoisotopic (exact) mass is 228 g/mol. The second-order valence-electron chi connectivity index (χ2n) is 4.13. The van der Waals surface area contributed by atoms with E-state index in [1.807, 2.05) is 0 Å². The SMILES string of the molecule is CCc1nnsc1C(CCC(C)C)NN. The number of hydrogen-bond donors (Lipinski definition) is 2. The maximum atomic E-state index is 5.57. The highest BCUT2D eigenvalue weighted by atomic mass is 32.1. The average molecular weight is 228 g/mol. The molecule has 4 nitrogen and oxygen atoms in total. The molecule has 0 aliphatic rings. The molecular formula is C10H20N4S. The molecule has 15 heavy (non-hydrogen) atoms. The van der Waals surface area contributed by atoms with Crippen LogP contribution in [0.5, 0.6) is 0 Å². The maximum absolute atomic E-state index is 5.57. The van der Waals surface area contributed by atoms with Crippen LogP contribution in [-0.2, 0) is 6.42 Å². The van der Waals surface area contributed by atoms with Gasteiger partial charge in [0.2, 0.25) is 0 Å². The van der Waals surface area contributed by atoms with E-state index in [-0.39, 0.29) is 6.04 Å². The number of nitrogens with two attached hydrogens (primary N) is 1. The van der Waals surface area contributed by atoms with Crippen LogP contribution in [0.3, 0.4) is 0 Å². The van der Waals surface area contributed by atoms with Gasteiger partial charge < -0.3 is 0 Å². The zero-order valence-corrected chi connectivity index (χ0v) is 10.5. The van der Waals surface area contributed by atoms with Crippen molar-refractivity contribution in [3.63, 3.8) is 0 Å². The Balaban J connectivity index is 2.65. The Morgan fingerprint density at radius 2 is 2.13 bits per heavy atom. The fourth-order valence-corrected chi connectivity index (χ4v) is 2.35. The molecule has 0 amide bonds.